The van der Waals surface area contributed by atoms with Gasteiger partial charge >= 0.3 is 0 Å². The second-order valence-electron chi connectivity index (χ2n) is 8.40. The van der Waals surface area contributed by atoms with Crippen molar-refractivity contribution in [3.8, 4) is 0 Å². The Morgan fingerprint density at radius 2 is 1.64 bits per heavy atom. The number of hydrogen-bond donors (Lipinski definition) is 1. The quantitative estimate of drug-likeness (QED) is 0.401. The number of fused-ring (bicyclic) bond motifs is 1. The molecule has 2 heterocycles. The fraction of sp³-hybridized carbons (Fsp3) is 0.308. The van der Waals surface area contributed by atoms with Gasteiger partial charge in [0.15, 0.2) is 6.29 Å². The first-order chi connectivity index (χ1) is 15.9. The molecule has 0 saturated carbocycles. The number of aliphatic hydroxyl groups excluding tert-OH is 1. The molecule has 0 fully saturated rings. The molecule has 3 aromatic rings. The van der Waals surface area contributed by atoms with Gasteiger partial charge in [-0.2, -0.15) is 0 Å². The lowest BCUT2D eigenvalue weighted by Gasteiger charge is -2.17. The highest BCUT2D eigenvalue weighted by Crippen LogP contribution is 2.39. The minimum atomic E-state index is -1.25. The molecule has 1 aliphatic heterocycles. The summed E-state index contributed by atoms with van der Waals surface area (Å²) in [5.41, 5.74) is 2.88. The van der Waals surface area contributed by atoms with E-state index in [1.54, 1.807) is 19.1 Å². The van der Waals surface area contributed by atoms with Gasteiger partial charge in [0.25, 0.3) is 11.8 Å². The standard InChI is InChI=1S/C26H29N3O4/c1-4-22(30)33-29-25(31)23(18-11-6-5-7-12-18)24(26(29)32)20-17-28(16-10-15-27(2)3)21-14-9-8-13-19(20)21/h5-9,11-14,17,22,30H,4,10,15-16H2,1-3H3. The lowest BCUT2D eigenvalue weighted by Crippen LogP contribution is -2.35. The first-order valence-corrected chi connectivity index (χ1v) is 11.2. The molecule has 4 rings (SSSR count). The number of aromatic nitrogens is 1. The molecule has 2 amide bonds. The van der Waals surface area contributed by atoms with E-state index in [0.717, 1.165) is 30.4 Å². The van der Waals surface area contributed by atoms with Gasteiger partial charge in [-0.25, -0.2) is 4.84 Å². The maximum absolute atomic E-state index is 13.5. The van der Waals surface area contributed by atoms with E-state index in [2.05, 4.69) is 9.47 Å². The minimum absolute atomic E-state index is 0.248. The van der Waals surface area contributed by atoms with Crippen LogP contribution in [0.25, 0.3) is 22.0 Å². The van der Waals surface area contributed by atoms with Crippen molar-refractivity contribution in [2.24, 2.45) is 0 Å². The Bertz CT molecular complexity index is 1200. The number of rotatable bonds is 9. The van der Waals surface area contributed by atoms with E-state index in [4.69, 9.17) is 4.84 Å². The average molecular weight is 448 g/mol. The zero-order chi connectivity index (χ0) is 23.5. The summed E-state index contributed by atoms with van der Waals surface area (Å²) >= 11 is 0. The summed E-state index contributed by atoms with van der Waals surface area (Å²) in [6.45, 7) is 3.43. The number of carbonyl (C=O) groups is 2. The fourth-order valence-electron chi connectivity index (χ4n) is 4.11. The summed E-state index contributed by atoms with van der Waals surface area (Å²) < 4.78 is 2.13. The van der Waals surface area contributed by atoms with E-state index in [9.17, 15) is 14.7 Å². The van der Waals surface area contributed by atoms with Gasteiger partial charge in [0.05, 0.1) is 11.1 Å². The number of amides is 2. The van der Waals surface area contributed by atoms with Gasteiger partial charge in [0.2, 0.25) is 0 Å². The summed E-state index contributed by atoms with van der Waals surface area (Å²) in [6, 6.07) is 17.0. The van der Waals surface area contributed by atoms with Crippen LogP contribution in [-0.2, 0) is 21.0 Å². The summed E-state index contributed by atoms with van der Waals surface area (Å²) in [5.74, 6) is -1.14. The highest BCUT2D eigenvalue weighted by atomic mass is 16.8. The van der Waals surface area contributed by atoms with Crippen molar-refractivity contribution in [2.75, 3.05) is 20.6 Å². The zero-order valence-electron chi connectivity index (χ0n) is 19.2. The molecule has 0 aliphatic carbocycles. The van der Waals surface area contributed by atoms with E-state index in [0.29, 0.717) is 16.2 Å². The monoisotopic (exact) mass is 447 g/mol. The van der Waals surface area contributed by atoms with E-state index in [-0.39, 0.29) is 17.6 Å². The van der Waals surface area contributed by atoms with Crippen LogP contribution in [0.15, 0.2) is 60.8 Å². The maximum atomic E-state index is 13.5. The Balaban J connectivity index is 1.86. The minimum Gasteiger partial charge on any atom is -0.366 e. The maximum Gasteiger partial charge on any atom is 0.286 e. The molecule has 1 N–H and O–H groups in total. The largest absolute Gasteiger partial charge is 0.366 e. The Morgan fingerprint density at radius 1 is 0.970 bits per heavy atom. The fourth-order valence-corrected chi connectivity index (χ4v) is 4.11. The SMILES string of the molecule is CCC(O)ON1C(=O)C(c2ccccc2)=C(c2cn(CCCN(C)C)c3ccccc23)C1=O. The molecular formula is C26H29N3O4. The molecule has 7 nitrogen and oxygen atoms in total. The molecule has 0 radical (unpaired) electrons. The zero-order valence-corrected chi connectivity index (χ0v) is 19.2. The van der Waals surface area contributed by atoms with Crippen molar-refractivity contribution in [2.45, 2.75) is 32.6 Å². The third-order valence-electron chi connectivity index (χ3n) is 5.75. The summed E-state index contributed by atoms with van der Waals surface area (Å²) in [7, 11) is 4.08. The first kappa shape index (κ1) is 22.9. The number of para-hydroxylation sites is 1. The van der Waals surface area contributed by atoms with E-state index in [1.807, 2.05) is 62.8 Å². The molecule has 1 unspecified atom stereocenters. The van der Waals surface area contributed by atoms with Gasteiger partial charge in [-0.05, 0) is 45.1 Å². The van der Waals surface area contributed by atoms with Crippen molar-refractivity contribution in [1.29, 1.82) is 0 Å². The molecule has 0 spiro atoms. The number of carbonyl (C=O) groups excluding carboxylic acids is 2. The molecule has 1 aromatic heterocycles. The van der Waals surface area contributed by atoms with Crippen molar-refractivity contribution < 1.29 is 19.5 Å². The van der Waals surface area contributed by atoms with Crippen LogP contribution in [0.3, 0.4) is 0 Å². The van der Waals surface area contributed by atoms with Crippen LogP contribution in [0.5, 0.6) is 0 Å². The lowest BCUT2D eigenvalue weighted by molar-refractivity contribution is -0.242. The Labute approximate surface area is 193 Å². The molecular weight excluding hydrogens is 418 g/mol. The van der Waals surface area contributed by atoms with Crippen LogP contribution in [0.4, 0.5) is 0 Å². The van der Waals surface area contributed by atoms with Gasteiger partial charge < -0.3 is 14.6 Å². The van der Waals surface area contributed by atoms with Gasteiger partial charge in [0.1, 0.15) is 0 Å². The van der Waals surface area contributed by atoms with Gasteiger partial charge in [-0.3, -0.25) is 9.59 Å². The average Bonchev–Trinajstić information content (AvgIpc) is 3.29. The molecule has 33 heavy (non-hydrogen) atoms. The third kappa shape index (κ3) is 4.48. The Morgan fingerprint density at radius 3 is 2.33 bits per heavy atom. The van der Waals surface area contributed by atoms with Crippen molar-refractivity contribution in [1.82, 2.24) is 14.5 Å². The predicted octanol–water partition coefficient (Wildman–Crippen LogP) is 3.53. The smallest absolute Gasteiger partial charge is 0.286 e. The molecule has 0 saturated heterocycles. The number of benzene rings is 2. The van der Waals surface area contributed by atoms with Crippen molar-refractivity contribution >= 4 is 33.9 Å². The number of aliphatic hydroxyl groups is 1. The number of aryl methyl sites for hydroxylation is 1. The number of hydroxylamine groups is 2. The van der Waals surface area contributed by atoms with Crippen LogP contribution in [0, 0.1) is 0 Å². The second-order valence-corrected chi connectivity index (χ2v) is 8.40. The second kappa shape index (κ2) is 9.70. The normalized spacial score (nSPS) is 15.4. The summed E-state index contributed by atoms with van der Waals surface area (Å²) in [4.78, 5) is 34.3. The number of hydrogen-bond acceptors (Lipinski definition) is 5. The number of nitrogens with zero attached hydrogens (tertiary/aromatic N) is 3. The topological polar surface area (TPSA) is 75.0 Å². The molecule has 7 heteroatoms. The highest BCUT2D eigenvalue weighted by Gasteiger charge is 2.42. The lowest BCUT2D eigenvalue weighted by atomic mass is 9.96. The van der Waals surface area contributed by atoms with Crippen LogP contribution in [0.2, 0.25) is 0 Å². The Kier molecular flexibility index (Phi) is 6.74. The molecule has 1 atom stereocenters. The van der Waals surface area contributed by atoms with Gasteiger partial charge in [0, 0.05) is 29.2 Å². The molecule has 0 bridgehead atoms. The number of imide groups is 1. The third-order valence-corrected chi connectivity index (χ3v) is 5.75. The highest BCUT2D eigenvalue weighted by molar-refractivity contribution is 6.49. The van der Waals surface area contributed by atoms with Crippen molar-refractivity contribution in [3.63, 3.8) is 0 Å². The summed E-state index contributed by atoms with van der Waals surface area (Å²) in [5, 5.41) is 11.6. The van der Waals surface area contributed by atoms with Crippen LogP contribution >= 0.6 is 0 Å². The van der Waals surface area contributed by atoms with Crippen molar-refractivity contribution in [3.05, 3.63) is 71.9 Å². The molecule has 172 valence electrons. The van der Waals surface area contributed by atoms with E-state index >= 15 is 0 Å². The van der Waals surface area contributed by atoms with Gasteiger partial charge in [-0.15, -0.1) is 5.06 Å². The molecule has 1 aliphatic rings. The Hall–Kier alpha value is -3.26. The first-order valence-electron chi connectivity index (χ1n) is 11.2. The van der Waals surface area contributed by atoms with E-state index < -0.39 is 18.1 Å². The van der Waals surface area contributed by atoms with Crippen LogP contribution in [0.1, 0.15) is 30.9 Å². The molecule has 2 aromatic carbocycles. The summed E-state index contributed by atoms with van der Waals surface area (Å²) in [6.07, 6.45) is 1.89. The van der Waals surface area contributed by atoms with Gasteiger partial charge in [-0.1, -0.05) is 55.5 Å². The predicted molar refractivity (Wildman–Crippen MR) is 128 cm³/mol. The van der Waals surface area contributed by atoms with Crippen LogP contribution < -0.4 is 0 Å². The van der Waals surface area contributed by atoms with E-state index in [1.165, 1.54) is 0 Å². The van der Waals surface area contributed by atoms with Crippen LogP contribution in [-0.4, -0.2) is 58.4 Å².